The van der Waals surface area contributed by atoms with Crippen LogP contribution in [0.3, 0.4) is 0 Å². The Balaban J connectivity index is 1.99. The Morgan fingerprint density at radius 2 is 2.09 bits per heavy atom. The van der Waals surface area contributed by atoms with Gasteiger partial charge in [-0.05, 0) is 38.1 Å². The number of nitrogen functional groups attached to an aromatic ring is 1. The van der Waals surface area contributed by atoms with Crippen LogP contribution in [-0.2, 0) is 6.54 Å². The second-order valence-electron chi connectivity index (χ2n) is 7.19. The van der Waals surface area contributed by atoms with E-state index in [4.69, 9.17) is 16.2 Å². The third-order valence-electron chi connectivity index (χ3n) is 5.04. The van der Waals surface area contributed by atoms with Crippen molar-refractivity contribution in [3.05, 3.63) is 69.1 Å². The molecule has 0 spiro atoms. The van der Waals surface area contributed by atoms with E-state index in [1.165, 1.54) is 35.7 Å². The highest BCUT2D eigenvalue weighted by molar-refractivity contribution is 7.12. The predicted molar refractivity (Wildman–Crippen MR) is 118 cm³/mol. The summed E-state index contributed by atoms with van der Waals surface area (Å²) in [5.74, 6) is -0.191. The number of pyridine rings is 1. The molecule has 0 amide bonds. The van der Waals surface area contributed by atoms with Gasteiger partial charge in [0.2, 0.25) is 0 Å². The van der Waals surface area contributed by atoms with Gasteiger partial charge in [0, 0.05) is 29.1 Å². The summed E-state index contributed by atoms with van der Waals surface area (Å²) in [6.45, 7) is 3.65. The Morgan fingerprint density at radius 1 is 1.31 bits per heavy atom. The molecule has 10 heteroatoms. The van der Waals surface area contributed by atoms with E-state index in [0.717, 1.165) is 16.1 Å². The van der Waals surface area contributed by atoms with Crippen molar-refractivity contribution >= 4 is 22.9 Å². The van der Waals surface area contributed by atoms with Crippen LogP contribution in [0.15, 0.2) is 47.2 Å². The fourth-order valence-corrected chi connectivity index (χ4v) is 4.44. The summed E-state index contributed by atoms with van der Waals surface area (Å²) in [5.41, 5.74) is 13.2. The largest absolute Gasteiger partial charge is 0.482 e. The van der Waals surface area contributed by atoms with Crippen LogP contribution in [0.2, 0.25) is 0 Å². The summed E-state index contributed by atoms with van der Waals surface area (Å²) >= 11 is 1.39. The fourth-order valence-electron chi connectivity index (χ4n) is 3.56. The van der Waals surface area contributed by atoms with Gasteiger partial charge < -0.3 is 16.2 Å². The molecule has 0 saturated carbocycles. The lowest BCUT2D eigenvalue weighted by atomic mass is 9.99. The minimum Gasteiger partial charge on any atom is -0.482 e. The average Bonchev–Trinajstić information content (AvgIpc) is 3.12. The first-order valence-electron chi connectivity index (χ1n) is 9.72. The Bertz CT molecular complexity index is 1240. The lowest BCUT2D eigenvalue weighted by molar-refractivity contribution is 0.196. The molecule has 0 aliphatic carbocycles. The normalized spacial score (nSPS) is 16.4. The number of fused-ring (bicyclic) bond motifs is 5. The van der Waals surface area contributed by atoms with E-state index >= 15 is 0 Å². The first-order chi connectivity index (χ1) is 15.3. The molecule has 3 heterocycles. The summed E-state index contributed by atoms with van der Waals surface area (Å²) in [6.07, 6.45) is -1.30. The summed E-state index contributed by atoms with van der Waals surface area (Å²) in [4.78, 5) is 13.9. The third kappa shape index (κ3) is 4.05. The topological polar surface area (TPSA) is 99.4 Å². The Kier molecular flexibility index (Phi) is 5.88. The van der Waals surface area contributed by atoms with Gasteiger partial charge in [0.05, 0.1) is 33.4 Å². The zero-order chi connectivity index (χ0) is 23.0. The van der Waals surface area contributed by atoms with Gasteiger partial charge in [-0.2, -0.15) is 0 Å². The van der Waals surface area contributed by atoms with Crippen molar-refractivity contribution in [3.8, 4) is 17.0 Å². The Morgan fingerprint density at radius 3 is 2.81 bits per heavy atom. The van der Waals surface area contributed by atoms with Crippen molar-refractivity contribution < 1.29 is 17.9 Å². The molecule has 1 aromatic carbocycles. The first-order valence-corrected chi connectivity index (χ1v) is 10.5. The van der Waals surface area contributed by atoms with Crippen LogP contribution >= 0.6 is 11.3 Å². The van der Waals surface area contributed by atoms with Crippen LogP contribution in [0, 0.1) is 12.7 Å². The molecule has 166 valence electrons. The van der Waals surface area contributed by atoms with E-state index in [1.807, 2.05) is 6.92 Å². The number of thiazole rings is 1. The molecule has 0 fully saturated rings. The first kappa shape index (κ1) is 21.8. The van der Waals surface area contributed by atoms with Gasteiger partial charge in [-0.3, -0.25) is 4.99 Å². The molecule has 0 radical (unpaired) electrons. The quantitative estimate of drug-likeness (QED) is 0.574. The number of hydrogen-bond donors (Lipinski definition) is 2. The van der Waals surface area contributed by atoms with Crippen LogP contribution in [0.25, 0.3) is 11.3 Å². The number of aromatic nitrogens is 2. The van der Waals surface area contributed by atoms with E-state index in [0.29, 0.717) is 16.8 Å². The molecular formula is C22H20F3N5OS. The lowest BCUT2D eigenvalue weighted by Crippen LogP contribution is -2.16. The van der Waals surface area contributed by atoms with E-state index < -0.39 is 23.9 Å². The molecule has 2 bridgehead atoms. The van der Waals surface area contributed by atoms with Crippen molar-refractivity contribution in [2.75, 3.05) is 5.73 Å². The highest BCUT2D eigenvalue weighted by Gasteiger charge is 2.25. The molecule has 4 N–H and O–H groups in total. The maximum absolute atomic E-state index is 14.1. The van der Waals surface area contributed by atoms with Crippen molar-refractivity contribution in [1.29, 1.82) is 0 Å². The van der Waals surface area contributed by atoms with Gasteiger partial charge in [0.15, 0.2) is 11.6 Å². The van der Waals surface area contributed by atoms with Crippen molar-refractivity contribution in [2.45, 2.75) is 32.9 Å². The molecule has 1 aliphatic heterocycles. The van der Waals surface area contributed by atoms with Gasteiger partial charge in [-0.25, -0.2) is 23.1 Å². The average molecular weight is 459 g/mol. The third-order valence-corrected chi connectivity index (χ3v) is 5.99. The van der Waals surface area contributed by atoms with Crippen molar-refractivity contribution in [2.24, 2.45) is 10.7 Å². The highest BCUT2D eigenvalue weighted by Crippen LogP contribution is 2.37. The SMILES string of the molecule is Cc1nc2c(s1)CN=C(C(=CN)C(F)F)c1cnc(N)c(c1)O[C@H](C)c1cc(F)ccc1-2. The van der Waals surface area contributed by atoms with Crippen LogP contribution in [-0.4, -0.2) is 22.1 Å². The Hall–Kier alpha value is -3.40. The number of rotatable bonds is 2. The van der Waals surface area contributed by atoms with Crippen molar-refractivity contribution in [1.82, 2.24) is 9.97 Å². The van der Waals surface area contributed by atoms with Crippen molar-refractivity contribution in [3.63, 3.8) is 0 Å². The summed E-state index contributed by atoms with van der Waals surface area (Å²) < 4.78 is 47.6. The number of aliphatic imine (C=N–C) groups is 1. The molecule has 4 rings (SSSR count). The minimum atomic E-state index is -2.85. The van der Waals surface area contributed by atoms with Crippen LogP contribution in [0.1, 0.15) is 34.0 Å². The lowest BCUT2D eigenvalue weighted by Gasteiger charge is -2.21. The summed E-state index contributed by atoms with van der Waals surface area (Å²) in [5, 5.41) is 0.764. The van der Waals surface area contributed by atoms with Gasteiger partial charge in [-0.1, -0.05) is 0 Å². The second-order valence-corrected chi connectivity index (χ2v) is 8.48. The van der Waals surface area contributed by atoms with E-state index in [2.05, 4.69) is 15.0 Å². The maximum Gasteiger partial charge on any atom is 0.267 e. The summed E-state index contributed by atoms with van der Waals surface area (Å²) in [7, 11) is 0. The molecule has 3 aromatic rings. The van der Waals surface area contributed by atoms with E-state index in [-0.39, 0.29) is 29.4 Å². The van der Waals surface area contributed by atoms with Gasteiger partial charge in [0.1, 0.15) is 11.9 Å². The summed E-state index contributed by atoms with van der Waals surface area (Å²) in [6, 6.07) is 5.84. The number of nitrogens with two attached hydrogens (primary N) is 2. The Labute approximate surface area is 186 Å². The zero-order valence-corrected chi connectivity index (χ0v) is 18.1. The highest BCUT2D eigenvalue weighted by atomic mass is 32.1. The number of anilines is 1. The second kappa shape index (κ2) is 8.62. The molecular weight excluding hydrogens is 439 g/mol. The van der Waals surface area contributed by atoms with Gasteiger partial charge >= 0.3 is 0 Å². The molecule has 1 atom stereocenters. The standard InChI is InChI=1S/C22H20F3N5OS/c1-10-15-6-13(23)3-4-14(15)20-18(32-11(2)30-20)9-28-19(16(7-26)21(24)25)12-5-17(31-10)22(27)29-8-12/h3-8,10,21H,9,26H2,1-2H3,(H2,27,29)/t10-/m1/s1. The van der Waals surface area contributed by atoms with E-state index in [1.54, 1.807) is 13.0 Å². The number of aryl methyl sites for hydroxylation is 1. The maximum atomic E-state index is 14.1. The predicted octanol–water partition coefficient (Wildman–Crippen LogP) is 4.79. The number of halogens is 3. The molecule has 32 heavy (non-hydrogen) atoms. The van der Waals surface area contributed by atoms with Crippen LogP contribution < -0.4 is 16.2 Å². The number of alkyl halides is 2. The molecule has 2 aromatic heterocycles. The van der Waals surface area contributed by atoms with Crippen LogP contribution in [0.5, 0.6) is 5.75 Å². The number of ether oxygens (including phenoxy) is 1. The molecule has 0 unspecified atom stereocenters. The van der Waals surface area contributed by atoms with Gasteiger partial charge in [-0.15, -0.1) is 11.3 Å². The smallest absolute Gasteiger partial charge is 0.267 e. The number of hydrogen-bond acceptors (Lipinski definition) is 7. The fraction of sp³-hybridized carbons (Fsp3) is 0.227. The van der Waals surface area contributed by atoms with Crippen LogP contribution in [0.4, 0.5) is 19.0 Å². The monoisotopic (exact) mass is 459 g/mol. The molecule has 0 saturated heterocycles. The number of benzene rings is 1. The molecule has 1 aliphatic rings. The molecule has 6 nitrogen and oxygen atoms in total. The zero-order valence-electron chi connectivity index (χ0n) is 17.3. The van der Waals surface area contributed by atoms with E-state index in [9.17, 15) is 13.2 Å². The van der Waals surface area contributed by atoms with Gasteiger partial charge in [0.25, 0.3) is 6.43 Å². The number of allylic oxidation sites excluding steroid dienone is 1. The number of nitrogens with zero attached hydrogens (tertiary/aromatic N) is 3. The minimum absolute atomic E-state index is 0.00981.